The van der Waals surface area contributed by atoms with Crippen molar-refractivity contribution >= 4 is 20.2 Å². The fourth-order valence-electron chi connectivity index (χ4n) is 1.22. The van der Waals surface area contributed by atoms with Crippen LogP contribution in [0.2, 0.25) is 0 Å². The second kappa shape index (κ2) is 5.29. The third-order valence-corrected chi connectivity index (χ3v) is 2.99. The molecule has 0 aliphatic carbocycles. The summed E-state index contributed by atoms with van der Waals surface area (Å²) in [5.74, 6) is 0. The number of imidazole rings is 1. The molecule has 0 bridgehead atoms. The fourth-order valence-corrected chi connectivity index (χ4v) is 1.83. The van der Waals surface area contributed by atoms with E-state index in [4.69, 9.17) is 4.74 Å². The molecule has 0 fully saturated rings. The molecule has 4 nitrogen and oxygen atoms in total. The van der Waals surface area contributed by atoms with Crippen molar-refractivity contribution in [1.29, 1.82) is 0 Å². The number of nitrogens with zero attached hydrogens (tertiary/aromatic N) is 2. The van der Waals surface area contributed by atoms with Crippen LogP contribution in [0.4, 0.5) is 0 Å². The van der Waals surface area contributed by atoms with Crippen molar-refractivity contribution in [1.82, 2.24) is 14.9 Å². The number of H-pyrrole nitrogens is 1. The van der Waals surface area contributed by atoms with E-state index in [2.05, 4.69) is 30.4 Å². The normalized spacial score (nSPS) is 12.9. The average Bonchev–Trinajstić information content (AvgIpc) is 2.65. The van der Waals surface area contributed by atoms with E-state index < -0.39 is 0 Å². The number of aromatic nitrogens is 2. The molecular formula is C9H15N3OSe. The third-order valence-electron chi connectivity index (χ3n) is 2.06. The van der Waals surface area contributed by atoms with E-state index in [-0.39, 0.29) is 6.04 Å². The summed E-state index contributed by atoms with van der Waals surface area (Å²) in [6, 6.07) is 0.237. The van der Waals surface area contributed by atoms with Crippen molar-refractivity contribution in [3.8, 4) is 0 Å². The second-order valence-corrected chi connectivity index (χ2v) is 4.13. The molecule has 1 N–H and O–H groups in total. The number of aromatic amines is 1. The standard InChI is InChI=1S/C9H15N3OSe/c1-12(2)8(9(14)13-3)4-7-5-10-6-11-7/h5-6,8H,4H2,1-3H3,(H,10,11)/t8-/m0/s1. The van der Waals surface area contributed by atoms with E-state index in [9.17, 15) is 0 Å². The van der Waals surface area contributed by atoms with E-state index in [1.807, 2.05) is 20.3 Å². The Morgan fingerprint density at radius 1 is 1.71 bits per heavy atom. The van der Waals surface area contributed by atoms with E-state index in [0.717, 1.165) is 16.7 Å². The Balaban J connectivity index is 2.65. The van der Waals surface area contributed by atoms with Gasteiger partial charge in [0.25, 0.3) is 0 Å². The number of likely N-dealkylation sites (N-methyl/N-ethyl adjacent to an activating group) is 1. The van der Waals surface area contributed by atoms with E-state index in [1.54, 1.807) is 13.4 Å². The summed E-state index contributed by atoms with van der Waals surface area (Å²) < 4.78 is 6.10. The van der Waals surface area contributed by atoms with Gasteiger partial charge in [0.15, 0.2) is 0 Å². The predicted molar refractivity (Wildman–Crippen MR) is 57.5 cm³/mol. The van der Waals surface area contributed by atoms with Gasteiger partial charge < -0.3 is 0 Å². The molecule has 1 atom stereocenters. The van der Waals surface area contributed by atoms with Gasteiger partial charge in [0, 0.05) is 0 Å². The van der Waals surface area contributed by atoms with Gasteiger partial charge in [-0.3, -0.25) is 0 Å². The Hall–Kier alpha value is -0.641. The molecule has 0 amide bonds. The molecule has 0 spiro atoms. The van der Waals surface area contributed by atoms with Gasteiger partial charge in [0.1, 0.15) is 0 Å². The van der Waals surface area contributed by atoms with Crippen LogP contribution in [0.3, 0.4) is 0 Å². The van der Waals surface area contributed by atoms with Gasteiger partial charge in [0.2, 0.25) is 0 Å². The van der Waals surface area contributed by atoms with Crippen molar-refractivity contribution in [3.05, 3.63) is 18.2 Å². The zero-order valence-electron chi connectivity index (χ0n) is 8.65. The zero-order valence-corrected chi connectivity index (χ0v) is 10.4. The Bertz CT molecular complexity index is 284. The van der Waals surface area contributed by atoms with Gasteiger partial charge in [-0.05, 0) is 0 Å². The van der Waals surface area contributed by atoms with Crippen LogP contribution in [0.25, 0.3) is 0 Å². The summed E-state index contributed by atoms with van der Waals surface area (Å²) in [5.41, 5.74) is 1.11. The Morgan fingerprint density at radius 3 is 2.86 bits per heavy atom. The molecule has 0 unspecified atom stereocenters. The van der Waals surface area contributed by atoms with Crippen LogP contribution in [0.15, 0.2) is 12.5 Å². The number of ether oxygens (including phenoxy) is 1. The molecule has 1 rings (SSSR count). The van der Waals surface area contributed by atoms with E-state index in [0.29, 0.717) is 0 Å². The van der Waals surface area contributed by atoms with Crippen molar-refractivity contribution < 1.29 is 4.74 Å². The van der Waals surface area contributed by atoms with Crippen LogP contribution in [-0.4, -0.2) is 62.3 Å². The molecular weight excluding hydrogens is 245 g/mol. The molecule has 0 saturated heterocycles. The quantitative estimate of drug-likeness (QED) is 0.747. The minimum absolute atomic E-state index is 0.237. The number of nitrogens with one attached hydrogen (secondary N) is 1. The Kier molecular flexibility index (Phi) is 4.32. The van der Waals surface area contributed by atoms with Crippen molar-refractivity contribution in [2.24, 2.45) is 0 Å². The molecule has 1 aromatic rings. The fraction of sp³-hybridized carbons (Fsp3) is 0.556. The molecule has 1 aromatic heterocycles. The van der Waals surface area contributed by atoms with Crippen LogP contribution in [-0.2, 0) is 11.2 Å². The first-order chi connectivity index (χ1) is 6.65. The van der Waals surface area contributed by atoms with Crippen molar-refractivity contribution in [3.63, 3.8) is 0 Å². The Labute approximate surface area is 92.0 Å². The van der Waals surface area contributed by atoms with Crippen LogP contribution in [0, 0.1) is 0 Å². The molecule has 5 heteroatoms. The maximum absolute atomic E-state index is 5.21. The summed E-state index contributed by atoms with van der Waals surface area (Å²) in [5, 5.41) is 0. The van der Waals surface area contributed by atoms with Gasteiger partial charge >= 0.3 is 91.7 Å². The molecule has 0 aliphatic rings. The number of hydrogen-bond donors (Lipinski definition) is 1. The average molecular weight is 260 g/mol. The summed E-state index contributed by atoms with van der Waals surface area (Å²) in [6.45, 7) is 0. The summed E-state index contributed by atoms with van der Waals surface area (Å²) in [7, 11) is 5.73. The zero-order chi connectivity index (χ0) is 10.6. The van der Waals surface area contributed by atoms with Crippen LogP contribution >= 0.6 is 0 Å². The molecule has 0 aliphatic heterocycles. The van der Waals surface area contributed by atoms with E-state index >= 15 is 0 Å². The SMILES string of the molecule is COC(=[Se])[C@H](Cc1cnc[nH]1)N(C)C. The van der Waals surface area contributed by atoms with Crippen molar-refractivity contribution in [2.75, 3.05) is 21.2 Å². The van der Waals surface area contributed by atoms with Gasteiger partial charge in [-0.1, -0.05) is 0 Å². The van der Waals surface area contributed by atoms with Crippen molar-refractivity contribution in [2.45, 2.75) is 12.5 Å². The number of hydrogen-bond acceptors (Lipinski definition) is 3. The maximum atomic E-state index is 5.21. The van der Waals surface area contributed by atoms with Gasteiger partial charge in [-0.25, -0.2) is 0 Å². The monoisotopic (exact) mass is 261 g/mol. The Morgan fingerprint density at radius 2 is 2.43 bits per heavy atom. The topological polar surface area (TPSA) is 41.1 Å². The van der Waals surface area contributed by atoms with Crippen LogP contribution in [0.5, 0.6) is 0 Å². The molecule has 1 heterocycles. The molecule has 78 valence electrons. The second-order valence-electron chi connectivity index (χ2n) is 3.28. The van der Waals surface area contributed by atoms with Gasteiger partial charge in [-0.15, -0.1) is 0 Å². The first-order valence-electron chi connectivity index (χ1n) is 4.36. The first kappa shape index (κ1) is 11.4. The summed E-state index contributed by atoms with van der Waals surface area (Å²) in [6.07, 6.45) is 4.39. The van der Waals surface area contributed by atoms with Crippen LogP contribution in [0.1, 0.15) is 5.69 Å². The predicted octanol–water partition coefficient (Wildman–Crippen LogP) is -0.173. The summed E-state index contributed by atoms with van der Waals surface area (Å²) >= 11 is 2.94. The van der Waals surface area contributed by atoms with Gasteiger partial charge in [0.05, 0.1) is 0 Å². The molecule has 14 heavy (non-hydrogen) atoms. The van der Waals surface area contributed by atoms with Gasteiger partial charge in [-0.2, -0.15) is 0 Å². The minimum atomic E-state index is 0.237. The summed E-state index contributed by atoms with van der Waals surface area (Å²) in [4.78, 5) is 9.17. The molecule has 0 aromatic carbocycles. The molecule has 0 radical (unpaired) electrons. The first-order valence-corrected chi connectivity index (χ1v) is 5.22. The number of rotatable bonds is 5. The number of methoxy groups -OCH3 is 1. The third kappa shape index (κ3) is 2.94. The van der Waals surface area contributed by atoms with E-state index in [1.165, 1.54) is 0 Å². The van der Waals surface area contributed by atoms with Crippen LogP contribution < -0.4 is 0 Å². The molecule has 0 saturated carbocycles.